The first kappa shape index (κ1) is 22.8. The lowest BCUT2D eigenvalue weighted by Gasteiger charge is -2.14. The fourth-order valence-electron chi connectivity index (χ4n) is 3.23. The van der Waals surface area contributed by atoms with Crippen molar-refractivity contribution in [3.63, 3.8) is 0 Å². The summed E-state index contributed by atoms with van der Waals surface area (Å²) in [6.45, 7) is 0. The van der Waals surface area contributed by atoms with Crippen molar-refractivity contribution in [2.75, 3.05) is 12.4 Å². The molecule has 9 heteroatoms. The molecule has 1 amide bonds. The van der Waals surface area contributed by atoms with E-state index in [1.54, 1.807) is 42.5 Å². The summed E-state index contributed by atoms with van der Waals surface area (Å²) in [4.78, 5) is 25.1. The minimum atomic E-state index is -0.523. The van der Waals surface area contributed by atoms with Gasteiger partial charge in [0.2, 0.25) is 0 Å². The Hall–Kier alpha value is -3.39. The number of ether oxygens (including phenoxy) is 1. The van der Waals surface area contributed by atoms with Crippen LogP contribution in [0.15, 0.2) is 75.9 Å². The second-order valence-electron chi connectivity index (χ2n) is 6.93. The summed E-state index contributed by atoms with van der Waals surface area (Å²) >= 11 is 17.3. The number of para-hydroxylation sites is 1. The summed E-state index contributed by atoms with van der Waals surface area (Å²) in [5.74, 6) is -0.0633. The quantitative estimate of drug-likeness (QED) is 0.269. The van der Waals surface area contributed by atoms with E-state index in [1.807, 2.05) is 12.1 Å². The average Bonchev–Trinajstić information content (AvgIpc) is 2.80. The molecule has 0 atom stereocenters. The Morgan fingerprint density at radius 2 is 1.82 bits per heavy atom. The molecule has 1 aromatic heterocycles. The third kappa shape index (κ3) is 5.01. The summed E-state index contributed by atoms with van der Waals surface area (Å²) in [6, 6.07) is 18.7. The molecule has 0 aliphatic carbocycles. The smallest absolute Gasteiger partial charge is 0.344 e. The standard InChI is InChI=1S/C24H16Cl2N2O4S/c1-31-21-9-6-13(16-10-14-4-2-3-5-20(14)32-23(16)30)11-19(21)27-24(33)28-22(29)17-12-15(25)7-8-18(17)26/h2-12H,1H3,(H2,27,28,29,33). The Morgan fingerprint density at radius 3 is 2.61 bits per heavy atom. The molecular formula is C24H16Cl2N2O4S. The largest absolute Gasteiger partial charge is 0.495 e. The normalized spacial score (nSPS) is 10.6. The van der Waals surface area contributed by atoms with Crippen molar-refractivity contribution < 1.29 is 13.9 Å². The Labute approximate surface area is 204 Å². The Balaban J connectivity index is 1.62. The molecule has 0 radical (unpaired) electrons. The zero-order chi connectivity index (χ0) is 23.5. The van der Waals surface area contributed by atoms with Crippen LogP contribution in [-0.2, 0) is 0 Å². The molecule has 0 spiro atoms. The number of amides is 1. The number of anilines is 1. The predicted octanol–water partition coefficient (Wildman–Crippen LogP) is 5.90. The van der Waals surface area contributed by atoms with Crippen LogP contribution >= 0.6 is 35.4 Å². The van der Waals surface area contributed by atoms with Gasteiger partial charge in [-0.25, -0.2) is 4.79 Å². The molecule has 4 aromatic rings. The van der Waals surface area contributed by atoms with Crippen LogP contribution in [0.4, 0.5) is 5.69 Å². The van der Waals surface area contributed by atoms with Crippen LogP contribution in [0.2, 0.25) is 10.0 Å². The third-order valence-corrected chi connectivity index (χ3v) is 5.57. The van der Waals surface area contributed by atoms with Gasteiger partial charge < -0.3 is 14.5 Å². The zero-order valence-electron chi connectivity index (χ0n) is 17.1. The molecule has 166 valence electrons. The van der Waals surface area contributed by atoms with E-state index in [-0.39, 0.29) is 15.7 Å². The summed E-state index contributed by atoms with van der Waals surface area (Å²) in [5, 5.41) is 6.90. The average molecular weight is 499 g/mol. The van der Waals surface area contributed by atoms with Crippen LogP contribution in [0, 0.1) is 0 Å². The van der Waals surface area contributed by atoms with Gasteiger partial charge in [0.15, 0.2) is 5.11 Å². The lowest BCUT2D eigenvalue weighted by Crippen LogP contribution is -2.34. The highest BCUT2D eigenvalue weighted by molar-refractivity contribution is 7.80. The van der Waals surface area contributed by atoms with Crippen LogP contribution in [0.3, 0.4) is 0 Å². The molecule has 0 unspecified atom stereocenters. The molecule has 0 saturated heterocycles. The van der Waals surface area contributed by atoms with Gasteiger partial charge in [-0.05, 0) is 60.2 Å². The van der Waals surface area contributed by atoms with Crippen LogP contribution < -0.4 is 21.0 Å². The molecular weight excluding hydrogens is 483 g/mol. The highest BCUT2D eigenvalue weighted by Gasteiger charge is 2.15. The first-order chi connectivity index (χ1) is 15.9. The van der Waals surface area contributed by atoms with Gasteiger partial charge in [0, 0.05) is 10.4 Å². The van der Waals surface area contributed by atoms with Gasteiger partial charge in [-0.2, -0.15) is 0 Å². The Kier molecular flexibility index (Phi) is 6.65. The number of hydrogen-bond acceptors (Lipinski definition) is 5. The number of carbonyl (C=O) groups is 1. The van der Waals surface area contributed by atoms with Crippen molar-refractivity contribution in [3.05, 3.63) is 92.8 Å². The van der Waals surface area contributed by atoms with E-state index in [2.05, 4.69) is 10.6 Å². The molecule has 0 aliphatic heterocycles. The number of fused-ring (bicyclic) bond motifs is 1. The zero-order valence-corrected chi connectivity index (χ0v) is 19.5. The van der Waals surface area contributed by atoms with Crippen LogP contribution in [0.25, 0.3) is 22.1 Å². The number of carbonyl (C=O) groups excluding carboxylic acids is 1. The SMILES string of the molecule is COc1ccc(-c2cc3ccccc3oc2=O)cc1NC(=S)NC(=O)c1cc(Cl)ccc1Cl. The highest BCUT2D eigenvalue weighted by Crippen LogP contribution is 2.30. The van der Waals surface area contributed by atoms with Crippen molar-refractivity contribution >= 4 is 63.1 Å². The maximum Gasteiger partial charge on any atom is 0.344 e. The topological polar surface area (TPSA) is 80.6 Å². The van der Waals surface area contributed by atoms with Gasteiger partial charge in [-0.3, -0.25) is 10.1 Å². The van der Waals surface area contributed by atoms with Gasteiger partial charge in [-0.1, -0.05) is 47.5 Å². The summed E-state index contributed by atoms with van der Waals surface area (Å²) in [6.07, 6.45) is 0. The number of benzene rings is 3. The molecule has 0 saturated carbocycles. The van der Waals surface area contributed by atoms with E-state index in [0.717, 1.165) is 5.39 Å². The van der Waals surface area contributed by atoms with Gasteiger partial charge >= 0.3 is 5.63 Å². The van der Waals surface area contributed by atoms with Crippen LogP contribution in [0.1, 0.15) is 10.4 Å². The van der Waals surface area contributed by atoms with Crippen molar-refractivity contribution in [3.8, 4) is 16.9 Å². The number of hydrogen-bond donors (Lipinski definition) is 2. The van der Waals surface area contributed by atoms with Gasteiger partial charge in [0.05, 0.1) is 28.9 Å². The Morgan fingerprint density at radius 1 is 1.03 bits per heavy atom. The molecule has 0 aliphatic rings. The maximum absolute atomic E-state index is 12.6. The highest BCUT2D eigenvalue weighted by atomic mass is 35.5. The van der Waals surface area contributed by atoms with E-state index < -0.39 is 11.5 Å². The van der Waals surface area contributed by atoms with E-state index in [9.17, 15) is 9.59 Å². The Bertz CT molecular complexity index is 1450. The van der Waals surface area contributed by atoms with Crippen molar-refractivity contribution in [2.24, 2.45) is 0 Å². The van der Waals surface area contributed by atoms with Crippen LogP contribution in [0.5, 0.6) is 5.75 Å². The van der Waals surface area contributed by atoms with E-state index >= 15 is 0 Å². The number of nitrogens with one attached hydrogen (secondary N) is 2. The molecule has 1 heterocycles. The minimum absolute atomic E-state index is 0.0111. The number of methoxy groups -OCH3 is 1. The summed E-state index contributed by atoms with van der Waals surface area (Å²) in [7, 11) is 1.50. The number of thiocarbonyl (C=S) groups is 1. The first-order valence-electron chi connectivity index (χ1n) is 9.64. The molecule has 3 aromatic carbocycles. The number of rotatable bonds is 4. The van der Waals surface area contributed by atoms with Crippen LogP contribution in [-0.4, -0.2) is 18.1 Å². The third-order valence-electron chi connectivity index (χ3n) is 4.80. The fraction of sp³-hybridized carbons (Fsp3) is 0.0417. The molecule has 4 rings (SSSR count). The molecule has 6 nitrogen and oxygen atoms in total. The second-order valence-corrected chi connectivity index (χ2v) is 8.18. The minimum Gasteiger partial charge on any atom is -0.495 e. The van der Waals surface area contributed by atoms with Gasteiger partial charge in [0.25, 0.3) is 5.91 Å². The van der Waals surface area contributed by atoms with Gasteiger partial charge in [-0.15, -0.1) is 0 Å². The molecule has 2 N–H and O–H groups in total. The summed E-state index contributed by atoms with van der Waals surface area (Å²) < 4.78 is 10.8. The molecule has 33 heavy (non-hydrogen) atoms. The second kappa shape index (κ2) is 9.62. The van der Waals surface area contributed by atoms with E-state index in [4.69, 9.17) is 44.6 Å². The van der Waals surface area contributed by atoms with Gasteiger partial charge in [0.1, 0.15) is 11.3 Å². The molecule has 0 bridgehead atoms. The fourth-order valence-corrected chi connectivity index (χ4v) is 3.81. The van der Waals surface area contributed by atoms with Crippen molar-refractivity contribution in [1.29, 1.82) is 0 Å². The van der Waals surface area contributed by atoms with E-state index in [1.165, 1.54) is 19.2 Å². The molecule has 0 fully saturated rings. The monoisotopic (exact) mass is 498 g/mol. The number of halogens is 2. The lowest BCUT2D eigenvalue weighted by atomic mass is 10.0. The first-order valence-corrected chi connectivity index (χ1v) is 10.8. The predicted molar refractivity (Wildman–Crippen MR) is 135 cm³/mol. The van der Waals surface area contributed by atoms with Crippen molar-refractivity contribution in [2.45, 2.75) is 0 Å². The maximum atomic E-state index is 12.6. The van der Waals surface area contributed by atoms with E-state index in [0.29, 0.717) is 33.2 Å². The summed E-state index contributed by atoms with van der Waals surface area (Å²) in [5.41, 5.74) is 1.62. The van der Waals surface area contributed by atoms with Crippen molar-refractivity contribution in [1.82, 2.24) is 5.32 Å². The lowest BCUT2D eigenvalue weighted by molar-refractivity contribution is 0.0978.